The SMILES string of the molecule is Cn1ccnc1CNc1cc(NN)nc(N)n1. The zero-order valence-electron chi connectivity index (χ0n) is 9.38. The van der Waals surface area contributed by atoms with Crippen LogP contribution in [0, 0.1) is 0 Å². The highest BCUT2D eigenvalue weighted by Crippen LogP contribution is 2.12. The molecule has 2 rings (SSSR count). The molecule has 90 valence electrons. The van der Waals surface area contributed by atoms with Crippen LogP contribution in [0.2, 0.25) is 0 Å². The maximum Gasteiger partial charge on any atom is 0.223 e. The highest BCUT2D eigenvalue weighted by molar-refractivity contribution is 5.50. The van der Waals surface area contributed by atoms with E-state index in [4.69, 9.17) is 11.6 Å². The molecule has 0 spiro atoms. The van der Waals surface area contributed by atoms with Gasteiger partial charge in [0.15, 0.2) is 0 Å². The third kappa shape index (κ3) is 2.61. The van der Waals surface area contributed by atoms with Gasteiger partial charge in [0.05, 0.1) is 6.54 Å². The maximum absolute atomic E-state index is 5.54. The van der Waals surface area contributed by atoms with Crippen molar-refractivity contribution in [2.75, 3.05) is 16.5 Å². The highest BCUT2D eigenvalue weighted by Gasteiger charge is 2.03. The summed E-state index contributed by atoms with van der Waals surface area (Å²) >= 11 is 0. The summed E-state index contributed by atoms with van der Waals surface area (Å²) < 4.78 is 1.92. The number of hydrogen-bond acceptors (Lipinski definition) is 7. The van der Waals surface area contributed by atoms with Crippen molar-refractivity contribution in [1.82, 2.24) is 19.5 Å². The first kappa shape index (κ1) is 11.1. The van der Waals surface area contributed by atoms with Crippen molar-refractivity contribution in [2.45, 2.75) is 6.54 Å². The second-order valence-electron chi connectivity index (χ2n) is 3.45. The molecule has 0 fully saturated rings. The van der Waals surface area contributed by atoms with Crippen molar-refractivity contribution in [3.8, 4) is 0 Å². The molecule has 0 aromatic carbocycles. The van der Waals surface area contributed by atoms with E-state index < -0.39 is 0 Å². The van der Waals surface area contributed by atoms with Crippen molar-refractivity contribution in [3.63, 3.8) is 0 Å². The molecular weight excluding hydrogens is 220 g/mol. The molecule has 0 radical (unpaired) electrons. The van der Waals surface area contributed by atoms with Crippen molar-refractivity contribution in [2.24, 2.45) is 12.9 Å². The van der Waals surface area contributed by atoms with E-state index in [0.29, 0.717) is 18.2 Å². The summed E-state index contributed by atoms with van der Waals surface area (Å²) in [6.07, 6.45) is 3.61. The lowest BCUT2D eigenvalue weighted by Crippen LogP contribution is -2.12. The smallest absolute Gasteiger partial charge is 0.223 e. The third-order valence-corrected chi connectivity index (χ3v) is 2.24. The van der Waals surface area contributed by atoms with Gasteiger partial charge < -0.3 is 21.0 Å². The van der Waals surface area contributed by atoms with Crippen LogP contribution in [-0.2, 0) is 13.6 Å². The van der Waals surface area contributed by atoms with E-state index in [-0.39, 0.29) is 5.95 Å². The van der Waals surface area contributed by atoms with Gasteiger partial charge in [0.1, 0.15) is 17.5 Å². The summed E-state index contributed by atoms with van der Waals surface area (Å²) in [7, 11) is 1.92. The van der Waals surface area contributed by atoms with Crippen LogP contribution in [0.15, 0.2) is 18.5 Å². The molecule has 8 heteroatoms. The van der Waals surface area contributed by atoms with Crippen LogP contribution in [-0.4, -0.2) is 19.5 Å². The average Bonchev–Trinajstić information content (AvgIpc) is 2.71. The molecule has 2 aromatic heterocycles. The monoisotopic (exact) mass is 234 g/mol. The largest absolute Gasteiger partial charge is 0.368 e. The molecule has 0 aliphatic rings. The summed E-state index contributed by atoms with van der Waals surface area (Å²) in [5.74, 6) is 7.36. The number of rotatable bonds is 4. The van der Waals surface area contributed by atoms with E-state index in [2.05, 4.69) is 25.7 Å². The first-order valence-corrected chi connectivity index (χ1v) is 5.00. The van der Waals surface area contributed by atoms with E-state index >= 15 is 0 Å². The molecule has 2 heterocycles. The molecule has 0 aliphatic carbocycles. The van der Waals surface area contributed by atoms with Gasteiger partial charge in [0.2, 0.25) is 5.95 Å². The number of nitrogen functional groups attached to an aromatic ring is 2. The van der Waals surface area contributed by atoms with Gasteiger partial charge in [-0.25, -0.2) is 10.8 Å². The quantitative estimate of drug-likeness (QED) is 0.423. The van der Waals surface area contributed by atoms with Crippen LogP contribution in [0.3, 0.4) is 0 Å². The fraction of sp³-hybridized carbons (Fsp3) is 0.222. The summed E-state index contributed by atoms with van der Waals surface area (Å²) in [4.78, 5) is 12.1. The zero-order valence-corrected chi connectivity index (χ0v) is 9.38. The molecule has 0 atom stereocenters. The topological polar surface area (TPSA) is 120 Å². The lowest BCUT2D eigenvalue weighted by atomic mass is 10.5. The van der Waals surface area contributed by atoms with E-state index in [0.717, 1.165) is 5.82 Å². The molecule has 0 bridgehead atoms. The standard InChI is InChI=1S/C9H14N8/c1-17-3-2-12-8(17)5-13-6-4-7(16-11)15-9(10)14-6/h2-4H,5,11H2,1H3,(H4,10,13,14,15,16). The van der Waals surface area contributed by atoms with Crippen molar-refractivity contribution < 1.29 is 0 Å². The van der Waals surface area contributed by atoms with E-state index in [1.807, 2.05) is 17.8 Å². The minimum absolute atomic E-state index is 0.155. The molecular formula is C9H14N8. The number of nitrogens with zero attached hydrogens (tertiary/aromatic N) is 4. The molecule has 0 saturated carbocycles. The number of nitrogens with two attached hydrogens (primary N) is 2. The second-order valence-corrected chi connectivity index (χ2v) is 3.45. The number of nitrogens with one attached hydrogen (secondary N) is 2. The number of imidazole rings is 1. The van der Waals surface area contributed by atoms with E-state index in [9.17, 15) is 0 Å². The van der Waals surface area contributed by atoms with Crippen molar-refractivity contribution >= 4 is 17.6 Å². The minimum atomic E-state index is 0.155. The molecule has 0 unspecified atom stereocenters. The van der Waals surface area contributed by atoms with Crippen molar-refractivity contribution in [1.29, 1.82) is 0 Å². The number of aryl methyl sites for hydroxylation is 1. The molecule has 8 nitrogen and oxygen atoms in total. The van der Waals surface area contributed by atoms with Gasteiger partial charge in [-0.3, -0.25) is 0 Å². The van der Waals surface area contributed by atoms with Crippen LogP contribution in [0.25, 0.3) is 0 Å². The Kier molecular flexibility index (Phi) is 3.06. The number of anilines is 3. The van der Waals surface area contributed by atoms with Gasteiger partial charge in [-0.05, 0) is 0 Å². The lowest BCUT2D eigenvalue weighted by molar-refractivity contribution is 0.810. The number of hydrogen-bond donors (Lipinski definition) is 4. The van der Waals surface area contributed by atoms with Crippen LogP contribution < -0.4 is 22.3 Å². The fourth-order valence-electron chi connectivity index (χ4n) is 1.37. The Hall–Kier alpha value is -2.35. The Morgan fingerprint density at radius 2 is 2.12 bits per heavy atom. The Bertz CT molecular complexity index is 505. The molecule has 6 N–H and O–H groups in total. The minimum Gasteiger partial charge on any atom is -0.368 e. The third-order valence-electron chi connectivity index (χ3n) is 2.24. The lowest BCUT2D eigenvalue weighted by Gasteiger charge is -2.07. The van der Waals surface area contributed by atoms with Gasteiger partial charge in [-0.1, -0.05) is 0 Å². The van der Waals surface area contributed by atoms with Gasteiger partial charge >= 0.3 is 0 Å². The normalized spacial score (nSPS) is 10.2. The average molecular weight is 234 g/mol. The van der Waals surface area contributed by atoms with Crippen molar-refractivity contribution in [3.05, 3.63) is 24.3 Å². The van der Waals surface area contributed by atoms with Gasteiger partial charge in [-0.2, -0.15) is 9.97 Å². The van der Waals surface area contributed by atoms with Crippen LogP contribution in [0.5, 0.6) is 0 Å². The summed E-state index contributed by atoms with van der Waals surface area (Å²) in [6, 6.07) is 1.67. The van der Waals surface area contributed by atoms with E-state index in [1.165, 1.54) is 0 Å². The Balaban J connectivity index is 2.09. The molecule has 0 aliphatic heterocycles. The summed E-state index contributed by atoms with van der Waals surface area (Å²) in [5.41, 5.74) is 7.96. The van der Waals surface area contributed by atoms with Crippen LogP contribution in [0.1, 0.15) is 5.82 Å². The summed E-state index contributed by atoms with van der Waals surface area (Å²) in [5, 5.41) is 3.09. The highest BCUT2D eigenvalue weighted by atomic mass is 15.3. The molecule has 2 aromatic rings. The molecule has 0 amide bonds. The summed E-state index contributed by atoms with van der Waals surface area (Å²) in [6.45, 7) is 0.546. The Morgan fingerprint density at radius 1 is 1.35 bits per heavy atom. The molecule has 0 saturated heterocycles. The predicted octanol–water partition coefficient (Wildman–Crippen LogP) is -0.310. The van der Waals surface area contributed by atoms with E-state index in [1.54, 1.807) is 12.3 Å². The van der Waals surface area contributed by atoms with Gasteiger partial charge in [-0.15, -0.1) is 0 Å². The van der Waals surface area contributed by atoms with Crippen LogP contribution in [0.4, 0.5) is 17.6 Å². The van der Waals surface area contributed by atoms with Crippen LogP contribution >= 0.6 is 0 Å². The first-order valence-electron chi connectivity index (χ1n) is 5.00. The Morgan fingerprint density at radius 3 is 2.76 bits per heavy atom. The zero-order chi connectivity index (χ0) is 12.3. The predicted molar refractivity (Wildman–Crippen MR) is 64.8 cm³/mol. The van der Waals surface area contributed by atoms with Gasteiger partial charge in [0.25, 0.3) is 0 Å². The fourth-order valence-corrected chi connectivity index (χ4v) is 1.37. The Labute approximate surface area is 98.0 Å². The van der Waals surface area contributed by atoms with Gasteiger partial charge in [0, 0.05) is 25.5 Å². The number of hydrazine groups is 1. The maximum atomic E-state index is 5.54. The first-order chi connectivity index (χ1) is 8.19. The molecule has 17 heavy (non-hydrogen) atoms. The second kappa shape index (κ2) is 4.66. The number of aromatic nitrogens is 4.